The Hall–Kier alpha value is -2.82. The van der Waals surface area contributed by atoms with E-state index in [1.54, 1.807) is 12.0 Å². The van der Waals surface area contributed by atoms with Gasteiger partial charge in [-0.15, -0.1) is 0 Å². The molecule has 1 fully saturated rings. The van der Waals surface area contributed by atoms with Gasteiger partial charge in [0, 0.05) is 25.2 Å². The topological polar surface area (TPSA) is 58.6 Å². The minimum absolute atomic E-state index is 0.00637. The van der Waals surface area contributed by atoms with E-state index in [0.717, 1.165) is 22.6 Å². The van der Waals surface area contributed by atoms with Crippen molar-refractivity contribution < 1.29 is 14.3 Å². The first kappa shape index (κ1) is 17.0. The molecule has 0 radical (unpaired) electrons. The molecule has 1 N–H and O–H groups in total. The molecule has 1 aliphatic heterocycles. The number of anilines is 1. The highest BCUT2D eigenvalue weighted by atomic mass is 16.5. The van der Waals surface area contributed by atoms with E-state index in [9.17, 15) is 9.59 Å². The lowest BCUT2D eigenvalue weighted by Crippen LogP contribution is -2.28. The lowest BCUT2D eigenvalue weighted by atomic mass is 10.1. The van der Waals surface area contributed by atoms with Crippen molar-refractivity contribution in [3.8, 4) is 5.75 Å². The van der Waals surface area contributed by atoms with Crippen LogP contribution in [0.15, 0.2) is 48.5 Å². The van der Waals surface area contributed by atoms with Crippen LogP contribution in [0.25, 0.3) is 0 Å². The lowest BCUT2D eigenvalue weighted by Gasteiger charge is -2.17. The summed E-state index contributed by atoms with van der Waals surface area (Å²) in [6, 6.07) is 15.3. The second-order valence-corrected chi connectivity index (χ2v) is 6.38. The zero-order valence-electron chi connectivity index (χ0n) is 14.5. The number of nitrogens with zero attached hydrogens (tertiary/aromatic N) is 1. The average molecular weight is 338 g/mol. The third kappa shape index (κ3) is 4.18. The van der Waals surface area contributed by atoms with Gasteiger partial charge in [-0.05, 0) is 36.8 Å². The van der Waals surface area contributed by atoms with E-state index in [1.165, 1.54) is 0 Å². The van der Waals surface area contributed by atoms with Gasteiger partial charge in [0.25, 0.3) is 0 Å². The van der Waals surface area contributed by atoms with Gasteiger partial charge in [-0.3, -0.25) is 9.59 Å². The van der Waals surface area contributed by atoms with Gasteiger partial charge in [0.2, 0.25) is 11.8 Å². The molecule has 3 rings (SSSR count). The van der Waals surface area contributed by atoms with Crippen LogP contribution < -0.4 is 10.1 Å². The van der Waals surface area contributed by atoms with Crippen LogP contribution in [-0.2, 0) is 16.1 Å². The first-order chi connectivity index (χ1) is 12.0. The standard InChI is InChI=1S/C20H22N2O3/c1-14-6-8-17(9-7-14)21-20(24)16-11-19(23)22(13-16)12-15-4-3-5-18(10-15)25-2/h3-10,16H,11-13H2,1-2H3,(H,21,24). The fraction of sp³-hybridized carbons (Fsp3) is 0.300. The molecule has 1 aliphatic rings. The fourth-order valence-corrected chi connectivity index (χ4v) is 2.97. The molecule has 0 aromatic heterocycles. The monoisotopic (exact) mass is 338 g/mol. The van der Waals surface area contributed by atoms with Crippen LogP contribution in [0.4, 0.5) is 5.69 Å². The van der Waals surface area contributed by atoms with Crippen LogP contribution in [0.2, 0.25) is 0 Å². The van der Waals surface area contributed by atoms with Crippen molar-refractivity contribution in [1.29, 1.82) is 0 Å². The number of amides is 2. The van der Waals surface area contributed by atoms with E-state index in [0.29, 0.717) is 13.1 Å². The minimum Gasteiger partial charge on any atom is -0.497 e. The van der Waals surface area contributed by atoms with Crippen LogP contribution in [0.3, 0.4) is 0 Å². The van der Waals surface area contributed by atoms with Gasteiger partial charge in [0.15, 0.2) is 0 Å². The number of benzene rings is 2. The Kier molecular flexibility index (Phi) is 5.03. The maximum absolute atomic E-state index is 12.4. The number of carbonyl (C=O) groups excluding carboxylic acids is 2. The Morgan fingerprint density at radius 1 is 1.24 bits per heavy atom. The van der Waals surface area contributed by atoms with Gasteiger partial charge >= 0.3 is 0 Å². The number of aryl methyl sites for hydroxylation is 1. The minimum atomic E-state index is -0.320. The molecule has 25 heavy (non-hydrogen) atoms. The molecule has 0 bridgehead atoms. The largest absolute Gasteiger partial charge is 0.497 e. The molecular formula is C20H22N2O3. The highest BCUT2D eigenvalue weighted by molar-refractivity contribution is 5.97. The molecule has 0 aliphatic carbocycles. The Labute approximate surface area is 147 Å². The van der Waals surface area contributed by atoms with Gasteiger partial charge in [-0.1, -0.05) is 29.8 Å². The summed E-state index contributed by atoms with van der Waals surface area (Å²) in [4.78, 5) is 26.4. The van der Waals surface area contributed by atoms with Crippen molar-refractivity contribution in [1.82, 2.24) is 4.90 Å². The Morgan fingerprint density at radius 3 is 2.72 bits per heavy atom. The normalized spacial score (nSPS) is 16.8. The van der Waals surface area contributed by atoms with E-state index >= 15 is 0 Å². The first-order valence-corrected chi connectivity index (χ1v) is 8.33. The zero-order chi connectivity index (χ0) is 17.8. The molecule has 130 valence electrons. The summed E-state index contributed by atoms with van der Waals surface area (Å²) in [6.07, 6.45) is 0.252. The molecule has 0 saturated carbocycles. The number of rotatable bonds is 5. The summed E-state index contributed by atoms with van der Waals surface area (Å²) in [5.41, 5.74) is 2.89. The maximum atomic E-state index is 12.4. The van der Waals surface area contributed by atoms with E-state index in [4.69, 9.17) is 4.74 Å². The van der Waals surface area contributed by atoms with Crippen molar-refractivity contribution >= 4 is 17.5 Å². The van der Waals surface area contributed by atoms with Gasteiger partial charge < -0.3 is 15.0 Å². The molecule has 5 nitrogen and oxygen atoms in total. The smallest absolute Gasteiger partial charge is 0.229 e. The van der Waals surface area contributed by atoms with Crippen molar-refractivity contribution in [2.75, 3.05) is 19.0 Å². The van der Waals surface area contributed by atoms with Crippen molar-refractivity contribution in [2.45, 2.75) is 19.9 Å². The number of methoxy groups -OCH3 is 1. The molecule has 2 aromatic rings. The van der Waals surface area contributed by atoms with Crippen molar-refractivity contribution in [3.63, 3.8) is 0 Å². The number of ether oxygens (including phenoxy) is 1. The number of nitrogens with one attached hydrogen (secondary N) is 1. The van der Waals surface area contributed by atoms with E-state index in [1.807, 2.05) is 55.5 Å². The average Bonchev–Trinajstić information content (AvgIpc) is 2.98. The molecule has 1 atom stereocenters. The van der Waals surface area contributed by atoms with Gasteiger partial charge in [-0.2, -0.15) is 0 Å². The zero-order valence-corrected chi connectivity index (χ0v) is 14.5. The SMILES string of the molecule is COc1cccc(CN2CC(C(=O)Nc3ccc(C)cc3)CC2=O)c1. The van der Waals surface area contributed by atoms with E-state index in [-0.39, 0.29) is 24.2 Å². The quantitative estimate of drug-likeness (QED) is 0.912. The summed E-state index contributed by atoms with van der Waals surface area (Å²) in [5.74, 6) is 0.342. The Balaban J connectivity index is 1.61. The molecule has 0 spiro atoms. The highest BCUT2D eigenvalue weighted by Crippen LogP contribution is 2.23. The molecule has 1 heterocycles. The summed E-state index contributed by atoms with van der Waals surface area (Å²) in [6.45, 7) is 2.93. The van der Waals surface area contributed by atoms with Crippen LogP contribution in [-0.4, -0.2) is 30.4 Å². The summed E-state index contributed by atoms with van der Waals surface area (Å²) >= 11 is 0. The summed E-state index contributed by atoms with van der Waals surface area (Å²) in [7, 11) is 1.62. The lowest BCUT2D eigenvalue weighted by molar-refractivity contribution is -0.128. The number of hydrogen-bond acceptors (Lipinski definition) is 3. The first-order valence-electron chi connectivity index (χ1n) is 8.33. The van der Waals surface area contributed by atoms with E-state index in [2.05, 4.69) is 5.32 Å². The number of likely N-dealkylation sites (tertiary alicyclic amines) is 1. The number of hydrogen-bond donors (Lipinski definition) is 1. The van der Waals surface area contributed by atoms with E-state index < -0.39 is 0 Å². The molecule has 1 unspecified atom stereocenters. The van der Waals surface area contributed by atoms with Crippen LogP contribution >= 0.6 is 0 Å². The van der Waals surface area contributed by atoms with Crippen molar-refractivity contribution in [3.05, 3.63) is 59.7 Å². The predicted octanol–water partition coefficient (Wildman–Crippen LogP) is 2.99. The third-order valence-electron chi connectivity index (χ3n) is 4.41. The molecule has 5 heteroatoms. The second kappa shape index (κ2) is 7.38. The highest BCUT2D eigenvalue weighted by Gasteiger charge is 2.34. The molecular weight excluding hydrogens is 316 g/mol. The van der Waals surface area contributed by atoms with Gasteiger partial charge in [0.1, 0.15) is 5.75 Å². The summed E-state index contributed by atoms with van der Waals surface area (Å²) < 4.78 is 5.21. The second-order valence-electron chi connectivity index (χ2n) is 6.38. The van der Waals surface area contributed by atoms with Crippen molar-refractivity contribution in [2.24, 2.45) is 5.92 Å². The Bertz CT molecular complexity index is 771. The fourth-order valence-electron chi connectivity index (χ4n) is 2.97. The third-order valence-corrected chi connectivity index (χ3v) is 4.41. The molecule has 1 saturated heterocycles. The van der Waals surface area contributed by atoms with Crippen LogP contribution in [0.5, 0.6) is 5.75 Å². The molecule has 2 amide bonds. The predicted molar refractivity (Wildman–Crippen MR) is 96.3 cm³/mol. The van der Waals surface area contributed by atoms with Gasteiger partial charge in [0.05, 0.1) is 13.0 Å². The molecule has 2 aromatic carbocycles. The number of carbonyl (C=O) groups is 2. The van der Waals surface area contributed by atoms with Crippen LogP contribution in [0.1, 0.15) is 17.5 Å². The maximum Gasteiger partial charge on any atom is 0.229 e. The Morgan fingerprint density at radius 2 is 2.00 bits per heavy atom. The van der Waals surface area contributed by atoms with Crippen LogP contribution in [0, 0.1) is 12.8 Å². The van der Waals surface area contributed by atoms with Gasteiger partial charge in [-0.25, -0.2) is 0 Å². The summed E-state index contributed by atoms with van der Waals surface area (Å²) in [5, 5.41) is 2.90.